The van der Waals surface area contributed by atoms with Gasteiger partial charge in [0.25, 0.3) is 5.91 Å². The van der Waals surface area contributed by atoms with Crippen molar-refractivity contribution < 1.29 is 4.79 Å². The molecule has 0 radical (unpaired) electrons. The van der Waals surface area contributed by atoms with Gasteiger partial charge < -0.3 is 5.32 Å². The Balaban J connectivity index is 1.79. The molecule has 0 aromatic carbocycles. The molecule has 6 nitrogen and oxygen atoms in total. The summed E-state index contributed by atoms with van der Waals surface area (Å²) in [6, 6.07) is 2.03. The molecule has 0 unspecified atom stereocenters. The first kappa shape index (κ1) is 10.9. The SMILES string of the molecule is O=C(NC1CCC1)c1nccc(-n2ccnc2)n1. The molecule has 6 heteroatoms. The van der Waals surface area contributed by atoms with Crippen molar-refractivity contribution in [3.05, 3.63) is 36.8 Å². The summed E-state index contributed by atoms with van der Waals surface area (Å²) in [5.41, 5.74) is 0. The molecular formula is C12H13N5O. The van der Waals surface area contributed by atoms with Gasteiger partial charge in [0.05, 0.1) is 0 Å². The van der Waals surface area contributed by atoms with Crippen LogP contribution in [0.5, 0.6) is 0 Å². The van der Waals surface area contributed by atoms with E-state index in [2.05, 4.69) is 20.3 Å². The van der Waals surface area contributed by atoms with Gasteiger partial charge in [-0.1, -0.05) is 0 Å². The van der Waals surface area contributed by atoms with E-state index in [9.17, 15) is 4.79 Å². The molecule has 1 fully saturated rings. The van der Waals surface area contributed by atoms with E-state index in [1.807, 2.05) is 0 Å². The molecule has 0 bridgehead atoms. The second kappa shape index (κ2) is 4.56. The lowest BCUT2D eigenvalue weighted by Crippen LogP contribution is -2.40. The van der Waals surface area contributed by atoms with Crippen molar-refractivity contribution in [2.24, 2.45) is 0 Å². The molecule has 1 N–H and O–H groups in total. The van der Waals surface area contributed by atoms with Crippen LogP contribution in [0.15, 0.2) is 31.0 Å². The molecule has 1 amide bonds. The molecule has 3 rings (SSSR count). The zero-order valence-corrected chi connectivity index (χ0v) is 9.78. The minimum Gasteiger partial charge on any atom is -0.347 e. The molecule has 0 spiro atoms. The number of carbonyl (C=O) groups is 1. The molecular weight excluding hydrogens is 230 g/mol. The average molecular weight is 243 g/mol. The monoisotopic (exact) mass is 243 g/mol. The number of hydrogen-bond acceptors (Lipinski definition) is 4. The van der Waals surface area contributed by atoms with Gasteiger partial charge in [0, 0.05) is 24.6 Å². The van der Waals surface area contributed by atoms with Crippen LogP contribution >= 0.6 is 0 Å². The van der Waals surface area contributed by atoms with Gasteiger partial charge >= 0.3 is 0 Å². The number of nitrogens with one attached hydrogen (secondary N) is 1. The van der Waals surface area contributed by atoms with E-state index in [4.69, 9.17) is 0 Å². The van der Waals surface area contributed by atoms with Crippen LogP contribution in [0.4, 0.5) is 0 Å². The Morgan fingerprint density at radius 1 is 1.39 bits per heavy atom. The Kier molecular flexibility index (Phi) is 2.76. The summed E-state index contributed by atoms with van der Waals surface area (Å²) < 4.78 is 1.74. The smallest absolute Gasteiger partial charge is 0.289 e. The summed E-state index contributed by atoms with van der Waals surface area (Å²) in [6.45, 7) is 0. The first-order valence-electron chi connectivity index (χ1n) is 5.95. The molecule has 2 heterocycles. The molecule has 2 aromatic heterocycles. The van der Waals surface area contributed by atoms with Crippen molar-refractivity contribution in [2.75, 3.05) is 0 Å². The van der Waals surface area contributed by atoms with Gasteiger partial charge in [0.15, 0.2) is 0 Å². The second-order valence-electron chi connectivity index (χ2n) is 4.31. The largest absolute Gasteiger partial charge is 0.347 e. The highest BCUT2D eigenvalue weighted by atomic mass is 16.2. The minimum atomic E-state index is -0.207. The Hall–Kier alpha value is -2.24. The van der Waals surface area contributed by atoms with E-state index in [-0.39, 0.29) is 17.8 Å². The maximum atomic E-state index is 11.9. The van der Waals surface area contributed by atoms with Crippen molar-refractivity contribution in [1.82, 2.24) is 24.8 Å². The number of rotatable bonds is 3. The van der Waals surface area contributed by atoms with Crippen molar-refractivity contribution in [1.29, 1.82) is 0 Å². The van der Waals surface area contributed by atoms with Crippen molar-refractivity contribution in [3.63, 3.8) is 0 Å². The zero-order valence-electron chi connectivity index (χ0n) is 9.78. The fraction of sp³-hybridized carbons (Fsp3) is 0.333. The Bertz CT molecular complexity index is 547. The molecule has 92 valence electrons. The number of amides is 1. The van der Waals surface area contributed by atoms with Gasteiger partial charge in [0.2, 0.25) is 5.82 Å². The Morgan fingerprint density at radius 3 is 2.94 bits per heavy atom. The van der Waals surface area contributed by atoms with E-state index in [0.29, 0.717) is 5.82 Å². The van der Waals surface area contributed by atoms with Crippen LogP contribution in [-0.4, -0.2) is 31.5 Å². The number of aromatic nitrogens is 4. The van der Waals surface area contributed by atoms with Crippen LogP contribution in [-0.2, 0) is 0 Å². The summed E-state index contributed by atoms with van der Waals surface area (Å²) in [5.74, 6) is 0.635. The summed E-state index contributed by atoms with van der Waals surface area (Å²) >= 11 is 0. The fourth-order valence-electron chi connectivity index (χ4n) is 1.80. The van der Waals surface area contributed by atoms with Gasteiger partial charge in [-0.05, 0) is 25.3 Å². The first-order chi connectivity index (χ1) is 8.83. The number of hydrogen-bond donors (Lipinski definition) is 1. The van der Waals surface area contributed by atoms with Gasteiger partial charge in [-0.3, -0.25) is 9.36 Å². The van der Waals surface area contributed by atoms with Crippen LogP contribution in [0.1, 0.15) is 29.9 Å². The highest BCUT2D eigenvalue weighted by molar-refractivity contribution is 5.90. The maximum absolute atomic E-state index is 11.9. The van der Waals surface area contributed by atoms with E-state index in [1.54, 1.807) is 35.6 Å². The van der Waals surface area contributed by atoms with Crippen LogP contribution < -0.4 is 5.32 Å². The van der Waals surface area contributed by atoms with Crippen LogP contribution in [0, 0.1) is 0 Å². The highest BCUT2D eigenvalue weighted by Crippen LogP contribution is 2.18. The third-order valence-electron chi connectivity index (χ3n) is 3.05. The summed E-state index contributed by atoms with van der Waals surface area (Å²) in [4.78, 5) is 24.1. The quantitative estimate of drug-likeness (QED) is 0.871. The Morgan fingerprint density at radius 2 is 2.28 bits per heavy atom. The third kappa shape index (κ3) is 2.09. The van der Waals surface area contributed by atoms with E-state index < -0.39 is 0 Å². The maximum Gasteiger partial charge on any atom is 0.289 e. The standard InChI is InChI=1S/C12H13N5O/c18-12(15-9-2-1-3-9)11-14-5-4-10(16-11)17-7-6-13-8-17/h4-9H,1-3H2,(H,15,18). The van der Waals surface area contributed by atoms with Crippen molar-refractivity contribution in [3.8, 4) is 5.82 Å². The summed E-state index contributed by atoms with van der Waals surface area (Å²) in [6.07, 6.45) is 9.93. The van der Waals surface area contributed by atoms with Crippen molar-refractivity contribution >= 4 is 5.91 Å². The summed E-state index contributed by atoms with van der Waals surface area (Å²) in [7, 11) is 0. The Labute approximate surface area is 104 Å². The average Bonchev–Trinajstić information content (AvgIpc) is 2.87. The summed E-state index contributed by atoms with van der Waals surface area (Å²) in [5, 5.41) is 2.92. The topological polar surface area (TPSA) is 72.7 Å². The number of carbonyl (C=O) groups excluding carboxylic acids is 1. The minimum absolute atomic E-state index is 0.202. The van der Waals surface area contributed by atoms with E-state index in [1.165, 1.54) is 6.42 Å². The lowest BCUT2D eigenvalue weighted by molar-refractivity contribution is 0.0906. The molecule has 0 atom stereocenters. The fourth-order valence-corrected chi connectivity index (χ4v) is 1.80. The lowest BCUT2D eigenvalue weighted by Gasteiger charge is -2.25. The zero-order chi connectivity index (χ0) is 12.4. The number of nitrogens with zero attached hydrogens (tertiary/aromatic N) is 4. The van der Waals surface area contributed by atoms with Crippen LogP contribution in [0.3, 0.4) is 0 Å². The van der Waals surface area contributed by atoms with E-state index >= 15 is 0 Å². The molecule has 1 saturated carbocycles. The normalized spacial score (nSPS) is 15.1. The predicted octanol–water partition coefficient (Wildman–Crippen LogP) is 0.945. The second-order valence-corrected chi connectivity index (χ2v) is 4.31. The van der Waals surface area contributed by atoms with E-state index in [0.717, 1.165) is 12.8 Å². The molecule has 18 heavy (non-hydrogen) atoms. The van der Waals surface area contributed by atoms with Crippen LogP contribution in [0.2, 0.25) is 0 Å². The highest BCUT2D eigenvalue weighted by Gasteiger charge is 2.21. The van der Waals surface area contributed by atoms with Gasteiger partial charge in [-0.15, -0.1) is 0 Å². The molecule has 2 aromatic rings. The molecule has 1 aliphatic rings. The number of imidazole rings is 1. The van der Waals surface area contributed by atoms with Crippen molar-refractivity contribution in [2.45, 2.75) is 25.3 Å². The van der Waals surface area contributed by atoms with Gasteiger partial charge in [0.1, 0.15) is 12.1 Å². The molecule has 0 aliphatic heterocycles. The van der Waals surface area contributed by atoms with Gasteiger partial charge in [-0.25, -0.2) is 15.0 Å². The predicted molar refractivity (Wildman–Crippen MR) is 64.3 cm³/mol. The third-order valence-corrected chi connectivity index (χ3v) is 3.05. The molecule has 0 saturated heterocycles. The van der Waals surface area contributed by atoms with Gasteiger partial charge in [-0.2, -0.15) is 0 Å². The lowest BCUT2D eigenvalue weighted by atomic mass is 9.93. The first-order valence-corrected chi connectivity index (χ1v) is 5.95. The van der Waals surface area contributed by atoms with Crippen LogP contribution in [0.25, 0.3) is 5.82 Å². The molecule has 1 aliphatic carbocycles.